The third-order valence-corrected chi connectivity index (χ3v) is 4.35. The SMILES string of the molecule is COc1ccc(CNC2CCC(O)CC2)c(C)c1C. The molecule has 1 saturated carbocycles. The number of rotatable bonds is 4. The predicted molar refractivity (Wildman–Crippen MR) is 77.6 cm³/mol. The molecule has 106 valence electrons. The summed E-state index contributed by atoms with van der Waals surface area (Å²) in [6.07, 6.45) is 3.93. The summed E-state index contributed by atoms with van der Waals surface area (Å²) < 4.78 is 5.34. The molecule has 0 heterocycles. The van der Waals surface area contributed by atoms with Gasteiger partial charge in [-0.05, 0) is 62.3 Å². The first-order valence-corrected chi connectivity index (χ1v) is 7.16. The Balaban J connectivity index is 1.94. The van der Waals surface area contributed by atoms with Crippen molar-refractivity contribution in [1.82, 2.24) is 5.32 Å². The molecule has 0 bridgehead atoms. The number of nitrogens with one attached hydrogen (secondary N) is 1. The molecular weight excluding hydrogens is 238 g/mol. The molecule has 1 aliphatic carbocycles. The van der Waals surface area contributed by atoms with Crippen molar-refractivity contribution in [3.8, 4) is 5.75 Å². The van der Waals surface area contributed by atoms with Crippen LogP contribution in [0.15, 0.2) is 12.1 Å². The molecule has 0 radical (unpaired) electrons. The topological polar surface area (TPSA) is 41.5 Å². The van der Waals surface area contributed by atoms with Gasteiger partial charge in [0.05, 0.1) is 13.2 Å². The third-order valence-electron chi connectivity index (χ3n) is 4.35. The van der Waals surface area contributed by atoms with Crippen LogP contribution in [0.2, 0.25) is 0 Å². The second-order valence-electron chi connectivity index (χ2n) is 5.56. The van der Waals surface area contributed by atoms with Gasteiger partial charge in [0.15, 0.2) is 0 Å². The highest BCUT2D eigenvalue weighted by molar-refractivity contribution is 5.43. The highest BCUT2D eigenvalue weighted by atomic mass is 16.5. The van der Waals surface area contributed by atoms with Crippen molar-refractivity contribution in [2.75, 3.05) is 7.11 Å². The molecular formula is C16H25NO2. The Bertz CT molecular complexity index is 423. The Morgan fingerprint density at radius 3 is 2.47 bits per heavy atom. The average molecular weight is 263 g/mol. The van der Waals surface area contributed by atoms with Crippen LogP contribution in [0.25, 0.3) is 0 Å². The first kappa shape index (κ1) is 14.4. The lowest BCUT2D eigenvalue weighted by Gasteiger charge is -2.26. The molecule has 3 heteroatoms. The number of ether oxygens (including phenoxy) is 1. The molecule has 0 saturated heterocycles. The molecule has 0 amide bonds. The molecule has 1 fully saturated rings. The van der Waals surface area contributed by atoms with Crippen LogP contribution in [0.4, 0.5) is 0 Å². The summed E-state index contributed by atoms with van der Waals surface area (Å²) in [5, 5.41) is 13.1. The Kier molecular flexibility index (Phi) is 4.83. The minimum absolute atomic E-state index is 0.0805. The van der Waals surface area contributed by atoms with Crippen LogP contribution in [0.1, 0.15) is 42.4 Å². The highest BCUT2D eigenvalue weighted by Crippen LogP contribution is 2.24. The van der Waals surface area contributed by atoms with Crippen LogP contribution in [-0.4, -0.2) is 24.4 Å². The Labute approximate surface area is 116 Å². The van der Waals surface area contributed by atoms with E-state index in [1.54, 1.807) is 7.11 Å². The quantitative estimate of drug-likeness (QED) is 0.877. The number of hydrogen-bond acceptors (Lipinski definition) is 3. The average Bonchev–Trinajstić information content (AvgIpc) is 2.42. The Hall–Kier alpha value is -1.06. The van der Waals surface area contributed by atoms with Gasteiger partial charge >= 0.3 is 0 Å². The lowest BCUT2D eigenvalue weighted by Crippen LogP contribution is -2.34. The van der Waals surface area contributed by atoms with Gasteiger partial charge < -0.3 is 15.2 Å². The molecule has 1 aromatic rings. The van der Waals surface area contributed by atoms with E-state index in [4.69, 9.17) is 4.74 Å². The van der Waals surface area contributed by atoms with E-state index in [2.05, 4.69) is 25.2 Å². The van der Waals surface area contributed by atoms with E-state index >= 15 is 0 Å². The van der Waals surface area contributed by atoms with Gasteiger partial charge in [0.2, 0.25) is 0 Å². The van der Waals surface area contributed by atoms with E-state index in [0.717, 1.165) is 38.0 Å². The summed E-state index contributed by atoms with van der Waals surface area (Å²) in [4.78, 5) is 0. The van der Waals surface area contributed by atoms with Gasteiger partial charge in [0.25, 0.3) is 0 Å². The molecule has 19 heavy (non-hydrogen) atoms. The molecule has 0 spiro atoms. The normalized spacial score (nSPS) is 23.4. The molecule has 0 aromatic heterocycles. The van der Waals surface area contributed by atoms with E-state index in [1.807, 2.05) is 6.07 Å². The van der Waals surface area contributed by atoms with E-state index in [9.17, 15) is 5.11 Å². The van der Waals surface area contributed by atoms with E-state index in [1.165, 1.54) is 16.7 Å². The fourth-order valence-corrected chi connectivity index (χ4v) is 2.80. The summed E-state index contributed by atoms with van der Waals surface area (Å²) in [6, 6.07) is 4.74. The number of benzene rings is 1. The first-order chi connectivity index (χ1) is 9.11. The van der Waals surface area contributed by atoms with Crippen molar-refractivity contribution < 1.29 is 9.84 Å². The van der Waals surface area contributed by atoms with Crippen molar-refractivity contribution in [2.45, 2.75) is 58.2 Å². The third kappa shape index (κ3) is 3.48. The molecule has 1 aliphatic rings. The number of hydrogen-bond donors (Lipinski definition) is 2. The first-order valence-electron chi connectivity index (χ1n) is 7.16. The maximum Gasteiger partial charge on any atom is 0.122 e. The fourth-order valence-electron chi connectivity index (χ4n) is 2.80. The molecule has 3 nitrogen and oxygen atoms in total. The van der Waals surface area contributed by atoms with Crippen molar-refractivity contribution >= 4 is 0 Å². The summed E-state index contributed by atoms with van der Waals surface area (Å²) >= 11 is 0. The summed E-state index contributed by atoms with van der Waals surface area (Å²) in [5.41, 5.74) is 3.87. The zero-order valence-corrected chi connectivity index (χ0v) is 12.2. The van der Waals surface area contributed by atoms with Crippen molar-refractivity contribution in [2.24, 2.45) is 0 Å². The summed E-state index contributed by atoms with van der Waals surface area (Å²) in [6.45, 7) is 5.16. The number of methoxy groups -OCH3 is 1. The molecule has 0 aliphatic heterocycles. The molecule has 2 rings (SSSR count). The summed E-state index contributed by atoms with van der Waals surface area (Å²) in [7, 11) is 1.72. The number of aliphatic hydroxyl groups is 1. The van der Waals surface area contributed by atoms with Crippen LogP contribution in [0.3, 0.4) is 0 Å². The van der Waals surface area contributed by atoms with Gasteiger partial charge in [-0.3, -0.25) is 0 Å². The van der Waals surface area contributed by atoms with Gasteiger partial charge in [-0.25, -0.2) is 0 Å². The lowest BCUT2D eigenvalue weighted by atomic mass is 9.93. The summed E-state index contributed by atoms with van der Waals surface area (Å²) in [5.74, 6) is 0.960. The standard InChI is InChI=1S/C16H25NO2/c1-11-12(2)16(19-3)9-4-13(11)10-17-14-5-7-15(18)8-6-14/h4,9,14-15,17-18H,5-8,10H2,1-3H3. The van der Waals surface area contributed by atoms with Crippen LogP contribution < -0.4 is 10.1 Å². The zero-order chi connectivity index (χ0) is 13.8. The van der Waals surface area contributed by atoms with Crippen LogP contribution in [0, 0.1) is 13.8 Å². The molecule has 2 N–H and O–H groups in total. The minimum Gasteiger partial charge on any atom is -0.496 e. The zero-order valence-electron chi connectivity index (χ0n) is 12.2. The minimum atomic E-state index is -0.0805. The Morgan fingerprint density at radius 1 is 1.16 bits per heavy atom. The lowest BCUT2D eigenvalue weighted by molar-refractivity contribution is 0.116. The molecule has 1 aromatic carbocycles. The van der Waals surface area contributed by atoms with Crippen molar-refractivity contribution in [3.63, 3.8) is 0 Å². The van der Waals surface area contributed by atoms with E-state index < -0.39 is 0 Å². The Morgan fingerprint density at radius 2 is 1.84 bits per heavy atom. The fraction of sp³-hybridized carbons (Fsp3) is 0.625. The van der Waals surface area contributed by atoms with Crippen molar-refractivity contribution in [3.05, 3.63) is 28.8 Å². The van der Waals surface area contributed by atoms with Gasteiger partial charge in [-0.2, -0.15) is 0 Å². The van der Waals surface area contributed by atoms with Crippen LogP contribution in [0.5, 0.6) is 5.75 Å². The van der Waals surface area contributed by atoms with Gasteiger partial charge in [-0.15, -0.1) is 0 Å². The van der Waals surface area contributed by atoms with Crippen LogP contribution in [-0.2, 0) is 6.54 Å². The van der Waals surface area contributed by atoms with E-state index in [0.29, 0.717) is 6.04 Å². The number of aliphatic hydroxyl groups excluding tert-OH is 1. The van der Waals surface area contributed by atoms with Crippen LogP contribution >= 0.6 is 0 Å². The monoisotopic (exact) mass is 263 g/mol. The van der Waals surface area contributed by atoms with Gasteiger partial charge in [-0.1, -0.05) is 6.07 Å². The van der Waals surface area contributed by atoms with Gasteiger partial charge in [0, 0.05) is 12.6 Å². The predicted octanol–water partition coefficient (Wildman–Crippen LogP) is 2.71. The highest BCUT2D eigenvalue weighted by Gasteiger charge is 2.19. The second kappa shape index (κ2) is 6.40. The smallest absolute Gasteiger partial charge is 0.122 e. The maximum absolute atomic E-state index is 9.51. The molecule has 0 unspecified atom stereocenters. The maximum atomic E-state index is 9.51. The van der Waals surface area contributed by atoms with Gasteiger partial charge in [0.1, 0.15) is 5.75 Å². The second-order valence-corrected chi connectivity index (χ2v) is 5.56. The van der Waals surface area contributed by atoms with E-state index in [-0.39, 0.29) is 6.10 Å². The molecule has 0 atom stereocenters. The van der Waals surface area contributed by atoms with Crippen molar-refractivity contribution in [1.29, 1.82) is 0 Å². The largest absolute Gasteiger partial charge is 0.496 e.